The minimum atomic E-state index is -0.661. The molecule has 24 heavy (non-hydrogen) atoms. The van der Waals surface area contributed by atoms with E-state index in [-0.39, 0.29) is 11.9 Å². The number of methoxy groups -OCH3 is 1. The van der Waals surface area contributed by atoms with E-state index >= 15 is 0 Å². The molecule has 0 bridgehead atoms. The summed E-state index contributed by atoms with van der Waals surface area (Å²) >= 11 is 0. The number of anilines is 1. The standard InChI is InChI=1S/C17H22N4O3/c1-4-11(2)14(15(22)24-3)19-17(23)21-10-9-20-13-8-6-5-7-12(13)18-16(20)21/h5-8,11,14H,4,9-10H2,1-3H3,(H,19,23)/t11-,14-/m0/s1. The van der Waals surface area contributed by atoms with Gasteiger partial charge < -0.3 is 14.6 Å². The second kappa shape index (κ2) is 6.51. The third kappa shape index (κ3) is 2.70. The van der Waals surface area contributed by atoms with Gasteiger partial charge in [0.2, 0.25) is 5.95 Å². The lowest BCUT2D eigenvalue weighted by Crippen LogP contribution is -2.50. The first-order valence-electron chi connectivity index (χ1n) is 8.18. The normalized spacial score (nSPS) is 15.9. The molecule has 0 fully saturated rings. The molecule has 2 heterocycles. The van der Waals surface area contributed by atoms with Gasteiger partial charge >= 0.3 is 12.0 Å². The molecular formula is C17H22N4O3. The van der Waals surface area contributed by atoms with Crippen LogP contribution < -0.4 is 10.2 Å². The van der Waals surface area contributed by atoms with Crippen LogP contribution in [0.3, 0.4) is 0 Å². The number of hydrogen-bond donors (Lipinski definition) is 1. The van der Waals surface area contributed by atoms with E-state index < -0.39 is 12.0 Å². The molecule has 2 aromatic rings. The zero-order chi connectivity index (χ0) is 17.3. The molecule has 0 saturated heterocycles. The summed E-state index contributed by atoms with van der Waals surface area (Å²) in [6.07, 6.45) is 0.762. The van der Waals surface area contributed by atoms with E-state index in [1.165, 1.54) is 7.11 Å². The molecule has 2 atom stereocenters. The van der Waals surface area contributed by atoms with Gasteiger partial charge in [0.15, 0.2) is 0 Å². The van der Waals surface area contributed by atoms with E-state index in [4.69, 9.17) is 4.74 Å². The van der Waals surface area contributed by atoms with Crippen LogP contribution in [0.1, 0.15) is 20.3 Å². The highest BCUT2D eigenvalue weighted by molar-refractivity contribution is 5.96. The molecule has 1 aliphatic heterocycles. The van der Waals surface area contributed by atoms with Crippen molar-refractivity contribution in [1.82, 2.24) is 14.9 Å². The summed E-state index contributed by atoms with van der Waals surface area (Å²) in [6.45, 7) is 5.12. The van der Waals surface area contributed by atoms with Crippen LogP contribution in [0, 0.1) is 5.92 Å². The number of imidazole rings is 1. The highest BCUT2D eigenvalue weighted by atomic mass is 16.5. The summed E-state index contributed by atoms with van der Waals surface area (Å²) < 4.78 is 6.84. The van der Waals surface area contributed by atoms with Crippen molar-refractivity contribution >= 4 is 29.0 Å². The summed E-state index contributed by atoms with van der Waals surface area (Å²) in [7, 11) is 1.33. The van der Waals surface area contributed by atoms with E-state index in [1.807, 2.05) is 42.7 Å². The second-order valence-electron chi connectivity index (χ2n) is 6.04. The number of aromatic nitrogens is 2. The van der Waals surface area contributed by atoms with E-state index in [2.05, 4.69) is 10.3 Å². The third-order valence-corrected chi connectivity index (χ3v) is 4.62. The average molecular weight is 330 g/mol. The molecule has 1 aliphatic rings. The maximum atomic E-state index is 12.7. The summed E-state index contributed by atoms with van der Waals surface area (Å²) in [6, 6.07) is 6.81. The molecule has 128 valence electrons. The van der Waals surface area contributed by atoms with Crippen LogP contribution in [0.4, 0.5) is 10.7 Å². The number of carbonyl (C=O) groups is 2. The smallest absolute Gasteiger partial charge is 0.328 e. The number of urea groups is 1. The maximum Gasteiger partial charge on any atom is 0.328 e. The minimum absolute atomic E-state index is 0.0113. The van der Waals surface area contributed by atoms with E-state index in [1.54, 1.807) is 4.90 Å². The van der Waals surface area contributed by atoms with Gasteiger partial charge in [-0.1, -0.05) is 32.4 Å². The fourth-order valence-corrected chi connectivity index (χ4v) is 2.99. The zero-order valence-electron chi connectivity index (χ0n) is 14.2. The molecular weight excluding hydrogens is 308 g/mol. The van der Waals surface area contributed by atoms with Crippen LogP contribution in [-0.2, 0) is 16.1 Å². The van der Waals surface area contributed by atoms with Crippen molar-refractivity contribution in [1.29, 1.82) is 0 Å². The molecule has 1 aromatic heterocycles. The van der Waals surface area contributed by atoms with Gasteiger partial charge in [-0.05, 0) is 18.1 Å². The Morgan fingerprint density at radius 3 is 2.79 bits per heavy atom. The molecule has 1 N–H and O–H groups in total. The number of hydrogen-bond acceptors (Lipinski definition) is 4. The van der Waals surface area contributed by atoms with Crippen molar-refractivity contribution in [3.63, 3.8) is 0 Å². The molecule has 0 saturated carbocycles. The van der Waals surface area contributed by atoms with Gasteiger partial charge in [0.05, 0.1) is 18.1 Å². The minimum Gasteiger partial charge on any atom is -0.467 e. The summed E-state index contributed by atoms with van der Waals surface area (Å²) in [5.41, 5.74) is 1.87. The lowest BCUT2D eigenvalue weighted by atomic mass is 9.99. The quantitative estimate of drug-likeness (QED) is 0.872. The number of ether oxygens (including phenoxy) is 1. The predicted molar refractivity (Wildman–Crippen MR) is 90.9 cm³/mol. The van der Waals surface area contributed by atoms with Gasteiger partial charge in [-0.2, -0.15) is 0 Å². The fraction of sp³-hybridized carbons (Fsp3) is 0.471. The van der Waals surface area contributed by atoms with Crippen molar-refractivity contribution in [3.8, 4) is 0 Å². The lowest BCUT2D eigenvalue weighted by Gasteiger charge is -2.24. The average Bonchev–Trinajstić information content (AvgIpc) is 3.17. The van der Waals surface area contributed by atoms with Crippen LogP contribution >= 0.6 is 0 Å². The van der Waals surface area contributed by atoms with Gasteiger partial charge in [0, 0.05) is 13.1 Å². The first-order chi connectivity index (χ1) is 11.6. The Balaban J connectivity index is 1.83. The van der Waals surface area contributed by atoms with Gasteiger partial charge in [-0.3, -0.25) is 4.90 Å². The van der Waals surface area contributed by atoms with Crippen LogP contribution in [0.15, 0.2) is 24.3 Å². The highest BCUT2D eigenvalue weighted by Gasteiger charge is 2.33. The lowest BCUT2D eigenvalue weighted by molar-refractivity contribution is -0.144. The Morgan fingerprint density at radius 2 is 2.08 bits per heavy atom. The van der Waals surface area contributed by atoms with E-state index in [0.717, 1.165) is 17.5 Å². The van der Waals surface area contributed by atoms with E-state index in [9.17, 15) is 9.59 Å². The molecule has 0 unspecified atom stereocenters. The van der Waals surface area contributed by atoms with Crippen molar-refractivity contribution in [2.75, 3.05) is 18.6 Å². The Labute approximate surface area is 140 Å². The van der Waals surface area contributed by atoms with Crippen LogP contribution in [0.25, 0.3) is 11.0 Å². The van der Waals surface area contributed by atoms with Crippen LogP contribution in [0.2, 0.25) is 0 Å². The molecule has 2 amide bonds. The SMILES string of the molecule is CC[C@H](C)[C@H](NC(=O)N1CCn2c1nc1ccccc12)C(=O)OC. The summed E-state index contributed by atoms with van der Waals surface area (Å²) in [5.74, 6) is 0.176. The molecule has 0 spiro atoms. The Kier molecular flexibility index (Phi) is 4.42. The van der Waals surface area contributed by atoms with E-state index in [0.29, 0.717) is 19.0 Å². The number of para-hydroxylation sites is 2. The van der Waals surface area contributed by atoms with Gasteiger partial charge in [-0.15, -0.1) is 0 Å². The predicted octanol–water partition coefficient (Wildman–Crippen LogP) is 2.15. The van der Waals surface area contributed by atoms with Crippen molar-refractivity contribution in [2.45, 2.75) is 32.9 Å². The third-order valence-electron chi connectivity index (χ3n) is 4.62. The highest BCUT2D eigenvalue weighted by Crippen LogP contribution is 2.27. The molecule has 1 aromatic carbocycles. The molecule has 7 heteroatoms. The van der Waals surface area contributed by atoms with Gasteiger partial charge in [-0.25, -0.2) is 14.6 Å². The zero-order valence-corrected chi connectivity index (χ0v) is 14.2. The first-order valence-corrected chi connectivity index (χ1v) is 8.18. The Hall–Kier alpha value is -2.57. The first kappa shape index (κ1) is 16.3. The number of amides is 2. The number of benzene rings is 1. The second-order valence-corrected chi connectivity index (χ2v) is 6.04. The summed E-state index contributed by atoms with van der Waals surface area (Å²) in [4.78, 5) is 30.8. The molecule has 0 aliphatic carbocycles. The summed E-state index contributed by atoms with van der Waals surface area (Å²) in [5, 5.41) is 2.80. The number of carbonyl (C=O) groups excluding carboxylic acids is 2. The molecule has 7 nitrogen and oxygen atoms in total. The van der Waals surface area contributed by atoms with Crippen molar-refractivity contribution in [2.24, 2.45) is 5.92 Å². The fourth-order valence-electron chi connectivity index (χ4n) is 2.99. The van der Waals surface area contributed by atoms with Gasteiger partial charge in [0.1, 0.15) is 6.04 Å². The topological polar surface area (TPSA) is 76.5 Å². The van der Waals surface area contributed by atoms with Crippen LogP contribution in [0.5, 0.6) is 0 Å². The number of rotatable bonds is 4. The Morgan fingerprint density at radius 1 is 1.33 bits per heavy atom. The molecule has 3 rings (SSSR count). The maximum absolute atomic E-state index is 12.7. The number of esters is 1. The molecule has 0 radical (unpaired) electrons. The largest absolute Gasteiger partial charge is 0.467 e. The van der Waals surface area contributed by atoms with Crippen LogP contribution in [-0.4, -0.2) is 41.2 Å². The van der Waals surface area contributed by atoms with Crippen molar-refractivity contribution in [3.05, 3.63) is 24.3 Å². The Bertz CT molecular complexity index is 770. The number of nitrogens with one attached hydrogen (secondary N) is 1. The van der Waals surface area contributed by atoms with Gasteiger partial charge in [0.25, 0.3) is 0 Å². The number of fused-ring (bicyclic) bond motifs is 3. The number of nitrogens with zero attached hydrogens (tertiary/aromatic N) is 3. The van der Waals surface area contributed by atoms with Crippen molar-refractivity contribution < 1.29 is 14.3 Å². The monoisotopic (exact) mass is 330 g/mol.